The van der Waals surface area contributed by atoms with Crippen LogP contribution in [0.15, 0.2) is 24.3 Å². The molecule has 0 aromatic carbocycles. The monoisotopic (exact) mass is 410 g/mol. The van der Waals surface area contributed by atoms with Gasteiger partial charge in [0.1, 0.15) is 5.60 Å². The first-order valence-electron chi connectivity index (χ1n) is 9.87. The first kappa shape index (κ1) is 24.8. The zero-order chi connectivity index (χ0) is 22.0. The summed E-state index contributed by atoms with van der Waals surface area (Å²) in [6.45, 7) is 20.9. The minimum atomic E-state index is -1.99. The maximum atomic E-state index is 13.3. The van der Waals surface area contributed by atoms with Gasteiger partial charge in [-0.15, -0.1) is 6.58 Å². The van der Waals surface area contributed by atoms with Gasteiger partial charge >= 0.3 is 5.97 Å². The molecule has 1 aliphatic rings. The van der Waals surface area contributed by atoms with Crippen molar-refractivity contribution < 1.29 is 23.5 Å². The van der Waals surface area contributed by atoms with E-state index >= 15 is 0 Å². The van der Waals surface area contributed by atoms with Gasteiger partial charge < -0.3 is 13.9 Å². The lowest BCUT2D eigenvalue weighted by molar-refractivity contribution is -0.182. The number of rotatable bonds is 7. The summed E-state index contributed by atoms with van der Waals surface area (Å²) in [7, 11) is -0.680. The zero-order valence-electron chi connectivity index (χ0n) is 19.1. The van der Waals surface area contributed by atoms with Crippen LogP contribution in [-0.4, -0.2) is 45.5 Å². The van der Waals surface area contributed by atoms with Crippen molar-refractivity contribution in [1.29, 1.82) is 0 Å². The van der Waals surface area contributed by atoms with Crippen LogP contribution in [0.1, 0.15) is 54.4 Å². The Morgan fingerprint density at radius 2 is 1.89 bits per heavy atom. The van der Waals surface area contributed by atoms with E-state index in [9.17, 15) is 9.59 Å². The van der Waals surface area contributed by atoms with Gasteiger partial charge in [0.05, 0.1) is 13.2 Å². The fourth-order valence-electron chi connectivity index (χ4n) is 2.90. The third-order valence-electron chi connectivity index (χ3n) is 6.39. The number of hydrogen-bond donors (Lipinski definition) is 0. The number of methoxy groups -OCH3 is 1. The zero-order valence-corrected chi connectivity index (χ0v) is 20.1. The Balaban J connectivity index is 3.23. The Morgan fingerprint density at radius 1 is 1.32 bits per heavy atom. The van der Waals surface area contributed by atoms with Crippen LogP contribution >= 0.6 is 0 Å². The van der Waals surface area contributed by atoms with Gasteiger partial charge in [-0.05, 0) is 31.5 Å². The van der Waals surface area contributed by atoms with Gasteiger partial charge in [-0.1, -0.05) is 40.7 Å². The summed E-state index contributed by atoms with van der Waals surface area (Å²) in [6.07, 6.45) is 3.82. The number of carbonyl (C=O) groups is 2. The summed E-state index contributed by atoms with van der Waals surface area (Å²) in [5, 5.41) is 0.0722. The molecular weight excluding hydrogens is 372 g/mol. The van der Waals surface area contributed by atoms with Crippen molar-refractivity contribution >= 4 is 20.1 Å². The molecule has 2 atom stereocenters. The number of ketones is 1. The average molecular weight is 411 g/mol. The molecule has 0 radical (unpaired) electrons. The van der Waals surface area contributed by atoms with Crippen molar-refractivity contribution in [2.45, 2.75) is 84.2 Å². The third kappa shape index (κ3) is 5.22. The van der Waals surface area contributed by atoms with Gasteiger partial charge in [-0.3, -0.25) is 4.79 Å². The molecule has 0 aromatic heterocycles. The molecule has 0 unspecified atom stereocenters. The van der Waals surface area contributed by atoms with Crippen LogP contribution in [0.2, 0.25) is 18.1 Å². The van der Waals surface area contributed by atoms with Crippen molar-refractivity contribution in [1.82, 2.24) is 0 Å². The smallest absolute Gasteiger partial charge is 0.330 e. The second-order valence-electron chi connectivity index (χ2n) is 9.96. The molecular formula is C22H38O5Si. The predicted molar refractivity (Wildman–Crippen MR) is 115 cm³/mol. The van der Waals surface area contributed by atoms with E-state index in [1.54, 1.807) is 6.08 Å². The van der Waals surface area contributed by atoms with Gasteiger partial charge in [-0.2, -0.15) is 0 Å². The molecule has 0 N–H and O–H groups in total. The van der Waals surface area contributed by atoms with Crippen molar-refractivity contribution in [2.24, 2.45) is 5.41 Å². The fraction of sp³-hybridized carbons (Fsp3) is 0.727. The number of ether oxygens (including phenoxy) is 2. The first-order chi connectivity index (χ1) is 12.6. The van der Waals surface area contributed by atoms with E-state index in [0.29, 0.717) is 25.0 Å². The second kappa shape index (κ2) is 8.64. The molecule has 1 saturated heterocycles. The first-order valence-corrected chi connectivity index (χ1v) is 12.8. The van der Waals surface area contributed by atoms with E-state index in [1.807, 2.05) is 20.8 Å². The van der Waals surface area contributed by atoms with E-state index in [2.05, 4.69) is 40.4 Å². The van der Waals surface area contributed by atoms with Gasteiger partial charge in [0.15, 0.2) is 14.1 Å². The highest BCUT2D eigenvalue weighted by atomic mass is 28.4. The quantitative estimate of drug-likeness (QED) is 0.260. The van der Waals surface area contributed by atoms with Crippen LogP contribution in [-0.2, 0) is 23.5 Å². The molecule has 0 bridgehead atoms. The predicted octanol–water partition coefficient (Wildman–Crippen LogP) is 4.83. The molecule has 0 saturated carbocycles. The number of hydrogen-bond acceptors (Lipinski definition) is 5. The molecule has 160 valence electrons. The Kier molecular flexibility index (Phi) is 7.65. The highest BCUT2D eigenvalue weighted by Crippen LogP contribution is 2.45. The topological polar surface area (TPSA) is 61.8 Å². The lowest BCUT2D eigenvalue weighted by Crippen LogP contribution is -2.59. The van der Waals surface area contributed by atoms with Crippen molar-refractivity contribution in [2.75, 3.05) is 13.7 Å². The molecule has 1 fully saturated rings. The van der Waals surface area contributed by atoms with E-state index < -0.39 is 25.3 Å². The molecule has 5 nitrogen and oxygen atoms in total. The Morgan fingerprint density at radius 3 is 2.36 bits per heavy atom. The number of Topliss-reactive ketones (excluding diaryl/α,β-unsaturated/α-hetero) is 1. The van der Waals surface area contributed by atoms with Crippen molar-refractivity contribution in [3.8, 4) is 0 Å². The highest BCUT2D eigenvalue weighted by molar-refractivity contribution is 6.74. The van der Waals surface area contributed by atoms with Gasteiger partial charge in [0, 0.05) is 30.1 Å². The summed E-state index contributed by atoms with van der Waals surface area (Å²) in [6, 6.07) is 0. The van der Waals surface area contributed by atoms with Crippen molar-refractivity contribution in [3.05, 3.63) is 24.3 Å². The average Bonchev–Trinajstić information content (AvgIpc) is 2.56. The number of carbonyl (C=O) groups excluding carboxylic acids is 2. The Bertz CT molecular complexity index is 642. The standard InChI is InChI=1S/C22H38O5Si/c1-11-12-17-13-16(14-18(23)25-8)19(24)22(7,27-17)21(5,6)15-26-28(9,10)20(2,3)4/h11,14,17H,1,12-13,15H2,2-10H3/b16-14+/t17-,22-/m1/s1. The van der Waals surface area contributed by atoms with Crippen LogP contribution in [0.5, 0.6) is 0 Å². The van der Waals surface area contributed by atoms with Gasteiger partial charge in [0.25, 0.3) is 0 Å². The maximum Gasteiger partial charge on any atom is 0.330 e. The van der Waals surface area contributed by atoms with Gasteiger partial charge in [-0.25, -0.2) is 4.79 Å². The summed E-state index contributed by atoms with van der Waals surface area (Å²) >= 11 is 0. The third-order valence-corrected chi connectivity index (χ3v) is 10.9. The summed E-state index contributed by atoms with van der Waals surface area (Å²) in [5.41, 5.74) is -1.26. The largest absolute Gasteiger partial charge is 0.466 e. The molecule has 1 aliphatic heterocycles. The van der Waals surface area contributed by atoms with E-state index in [0.717, 1.165) is 0 Å². The van der Waals surface area contributed by atoms with E-state index in [4.69, 9.17) is 13.9 Å². The van der Waals surface area contributed by atoms with Crippen LogP contribution < -0.4 is 0 Å². The fourth-order valence-corrected chi connectivity index (χ4v) is 4.05. The van der Waals surface area contributed by atoms with E-state index in [-0.39, 0.29) is 16.9 Å². The Labute approximate surface area is 171 Å². The summed E-state index contributed by atoms with van der Waals surface area (Å²) in [5.74, 6) is -0.706. The van der Waals surface area contributed by atoms with E-state index in [1.165, 1.54) is 13.2 Å². The molecule has 6 heteroatoms. The van der Waals surface area contributed by atoms with Crippen molar-refractivity contribution in [3.63, 3.8) is 0 Å². The lowest BCUT2D eigenvalue weighted by Gasteiger charge is -2.49. The minimum Gasteiger partial charge on any atom is -0.466 e. The van der Waals surface area contributed by atoms with Crippen LogP contribution in [0, 0.1) is 5.41 Å². The molecule has 1 heterocycles. The SMILES string of the molecule is C=CC[C@@H]1C/C(=C\C(=O)OC)C(=O)[C@](C)(C(C)(C)CO[Si](C)(C)C(C)(C)C)O1. The molecule has 0 aliphatic carbocycles. The molecule has 0 spiro atoms. The molecule has 0 amide bonds. The molecule has 0 aromatic rings. The highest BCUT2D eigenvalue weighted by Gasteiger charge is 2.54. The van der Waals surface area contributed by atoms with Gasteiger partial charge in [0.2, 0.25) is 0 Å². The molecule has 1 rings (SSSR count). The number of esters is 1. The molecule has 28 heavy (non-hydrogen) atoms. The summed E-state index contributed by atoms with van der Waals surface area (Å²) < 4.78 is 17.5. The summed E-state index contributed by atoms with van der Waals surface area (Å²) in [4.78, 5) is 25.1. The minimum absolute atomic E-state index is 0.0722. The van der Waals surface area contributed by atoms with Crippen LogP contribution in [0.25, 0.3) is 0 Å². The maximum absolute atomic E-state index is 13.3. The normalized spacial score (nSPS) is 25.7. The Hall–Kier alpha value is -1.24. The lowest BCUT2D eigenvalue weighted by atomic mass is 9.69. The second-order valence-corrected chi connectivity index (χ2v) is 14.8. The van der Waals surface area contributed by atoms with Crippen LogP contribution in [0.4, 0.5) is 0 Å². The van der Waals surface area contributed by atoms with Crippen LogP contribution in [0.3, 0.4) is 0 Å².